The van der Waals surface area contributed by atoms with Crippen molar-refractivity contribution in [2.45, 2.75) is 29.8 Å². The summed E-state index contributed by atoms with van der Waals surface area (Å²) >= 11 is 7.28. The fourth-order valence-corrected chi connectivity index (χ4v) is 3.87. The van der Waals surface area contributed by atoms with Crippen LogP contribution >= 0.6 is 23.4 Å². The molecule has 0 saturated carbocycles. The maximum Gasteiger partial charge on any atom is 0.256 e. The first-order chi connectivity index (χ1) is 13.5. The van der Waals surface area contributed by atoms with E-state index in [1.54, 1.807) is 13.3 Å². The molecule has 0 radical (unpaired) electrons. The minimum atomic E-state index is -0.421. The van der Waals surface area contributed by atoms with Crippen LogP contribution in [0.1, 0.15) is 30.7 Å². The first kappa shape index (κ1) is 18.7. The van der Waals surface area contributed by atoms with Crippen LogP contribution in [0.4, 0.5) is 0 Å². The van der Waals surface area contributed by atoms with Crippen LogP contribution in [0.3, 0.4) is 0 Å². The molecule has 0 saturated heterocycles. The summed E-state index contributed by atoms with van der Waals surface area (Å²) in [5, 5.41) is 18.3. The zero-order valence-corrected chi connectivity index (χ0v) is 16.8. The molecule has 1 amide bonds. The van der Waals surface area contributed by atoms with Crippen molar-refractivity contribution in [1.82, 2.24) is 25.2 Å². The van der Waals surface area contributed by atoms with Crippen LogP contribution < -0.4 is 0 Å². The Morgan fingerprint density at radius 2 is 2.11 bits per heavy atom. The number of aromatic nitrogens is 4. The molecule has 1 aromatic carbocycles. The standard InChI is InChI=1S/C18H17ClN6O2S/c1-11(28-18-20-22-23-24(18)2)17(26)25-15(16-4-3-9-27-16)10-14(21-25)12-5-7-13(19)8-6-12/h3-9,11,15H,10H2,1-2H3/t11-,15-/m0/s1. The van der Waals surface area contributed by atoms with Crippen molar-refractivity contribution in [2.24, 2.45) is 12.1 Å². The van der Waals surface area contributed by atoms with Gasteiger partial charge in [0.05, 0.1) is 17.2 Å². The van der Waals surface area contributed by atoms with Crippen LogP contribution in [0.5, 0.6) is 0 Å². The van der Waals surface area contributed by atoms with Gasteiger partial charge in [0.15, 0.2) is 0 Å². The maximum absolute atomic E-state index is 13.2. The molecule has 2 aromatic heterocycles. The molecular weight excluding hydrogens is 400 g/mol. The fraction of sp³-hybridized carbons (Fsp3) is 0.278. The number of halogens is 1. The quantitative estimate of drug-likeness (QED) is 0.593. The lowest BCUT2D eigenvalue weighted by atomic mass is 10.0. The number of benzene rings is 1. The molecule has 0 aliphatic carbocycles. The lowest BCUT2D eigenvalue weighted by Gasteiger charge is -2.22. The van der Waals surface area contributed by atoms with E-state index in [0.29, 0.717) is 22.4 Å². The summed E-state index contributed by atoms with van der Waals surface area (Å²) in [6.07, 6.45) is 2.16. The van der Waals surface area contributed by atoms with Gasteiger partial charge in [0.2, 0.25) is 5.16 Å². The number of thioether (sulfide) groups is 1. The average Bonchev–Trinajstić information content (AvgIpc) is 3.43. The summed E-state index contributed by atoms with van der Waals surface area (Å²) in [4.78, 5) is 13.2. The zero-order valence-electron chi connectivity index (χ0n) is 15.2. The lowest BCUT2D eigenvalue weighted by molar-refractivity contribution is -0.132. The first-order valence-electron chi connectivity index (χ1n) is 8.62. The number of amides is 1. The smallest absolute Gasteiger partial charge is 0.256 e. The van der Waals surface area contributed by atoms with E-state index in [1.807, 2.05) is 43.3 Å². The van der Waals surface area contributed by atoms with Crippen molar-refractivity contribution in [1.29, 1.82) is 0 Å². The highest BCUT2D eigenvalue weighted by atomic mass is 35.5. The number of aryl methyl sites for hydroxylation is 1. The van der Waals surface area contributed by atoms with Crippen LogP contribution in [0.25, 0.3) is 0 Å². The van der Waals surface area contributed by atoms with Crippen LogP contribution in [0.15, 0.2) is 57.3 Å². The van der Waals surface area contributed by atoms with E-state index < -0.39 is 5.25 Å². The Labute approximate surface area is 170 Å². The van der Waals surface area contributed by atoms with Gasteiger partial charge in [-0.2, -0.15) is 5.10 Å². The molecule has 144 valence electrons. The minimum absolute atomic E-state index is 0.140. The van der Waals surface area contributed by atoms with Gasteiger partial charge in [0.25, 0.3) is 5.91 Å². The SMILES string of the molecule is C[C@H](Sc1nnnn1C)C(=O)N1N=C(c2ccc(Cl)cc2)C[C@H]1c1ccco1. The van der Waals surface area contributed by atoms with Gasteiger partial charge in [-0.15, -0.1) is 5.10 Å². The molecule has 10 heteroatoms. The largest absolute Gasteiger partial charge is 0.467 e. The molecule has 3 aromatic rings. The molecule has 1 aliphatic heterocycles. The molecule has 28 heavy (non-hydrogen) atoms. The van der Waals surface area contributed by atoms with Crippen molar-refractivity contribution in [3.63, 3.8) is 0 Å². The molecular formula is C18H17ClN6O2S. The van der Waals surface area contributed by atoms with Crippen molar-refractivity contribution < 1.29 is 9.21 Å². The predicted molar refractivity (Wildman–Crippen MR) is 105 cm³/mol. The monoisotopic (exact) mass is 416 g/mol. The van der Waals surface area contributed by atoms with Gasteiger partial charge in [-0.1, -0.05) is 35.5 Å². The first-order valence-corrected chi connectivity index (χ1v) is 9.87. The number of nitrogens with zero attached hydrogens (tertiary/aromatic N) is 6. The fourth-order valence-electron chi connectivity index (χ4n) is 2.95. The summed E-state index contributed by atoms with van der Waals surface area (Å²) < 4.78 is 7.11. The molecule has 0 N–H and O–H groups in total. The zero-order chi connectivity index (χ0) is 19.7. The number of furan rings is 1. The van der Waals surface area contributed by atoms with Gasteiger partial charge < -0.3 is 4.42 Å². The second-order valence-corrected chi connectivity index (χ2v) is 8.06. The number of carbonyl (C=O) groups excluding carboxylic acids is 1. The summed E-state index contributed by atoms with van der Waals surface area (Å²) in [5.41, 5.74) is 1.73. The second kappa shape index (κ2) is 7.76. The third kappa shape index (κ3) is 3.67. The molecule has 3 heterocycles. The van der Waals surface area contributed by atoms with E-state index in [2.05, 4.69) is 20.6 Å². The van der Waals surface area contributed by atoms with Gasteiger partial charge in [-0.25, -0.2) is 9.69 Å². The molecule has 0 spiro atoms. The number of hydrogen-bond acceptors (Lipinski definition) is 7. The van der Waals surface area contributed by atoms with Crippen molar-refractivity contribution in [2.75, 3.05) is 0 Å². The maximum atomic E-state index is 13.2. The molecule has 4 rings (SSSR count). The average molecular weight is 417 g/mol. The minimum Gasteiger partial charge on any atom is -0.467 e. The predicted octanol–water partition coefficient (Wildman–Crippen LogP) is 3.32. The molecule has 8 nitrogen and oxygen atoms in total. The van der Waals surface area contributed by atoms with E-state index >= 15 is 0 Å². The van der Waals surface area contributed by atoms with Gasteiger partial charge in [0, 0.05) is 18.5 Å². The van der Waals surface area contributed by atoms with Gasteiger partial charge in [-0.3, -0.25) is 4.79 Å². The van der Waals surface area contributed by atoms with Crippen LogP contribution in [0.2, 0.25) is 5.02 Å². The Kier molecular flexibility index (Phi) is 5.19. The van der Waals surface area contributed by atoms with Gasteiger partial charge >= 0.3 is 0 Å². The second-order valence-electron chi connectivity index (χ2n) is 6.32. The Hall–Kier alpha value is -2.65. The summed E-state index contributed by atoms with van der Waals surface area (Å²) in [6, 6.07) is 10.8. The number of rotatable bonds is 5. The van der Waals surface area contributed by atoms with Gasteiger partial charge in [0.1, 0.15) is 11.8 Å². The van der Waals surface area contributed by atoms with E-state index in [4.69, 9.17) is 16.0 Å². The van der Waals surface area contributed by atoms with E-state index in [9.17, 15) is 4.79 Å². The highest BCUT2D eigenvalue weighted by Gasteiger charge is 2.37. The van der Waals surface area contributed by atoms with Crippen LogP contribution in [-0.4, -0.2) is 42.1 Å². The lowest BCUT2D eigenvalue weighted by Crippen LogP contribution is -2.33. The normalized spacial score (nSPS) is 17.6. The molecule has 1 aliphatic rings. The number of hydrogen-bond donors (Lipinski definition) is 0. The van der Waals surface area contributed by atoms with E-state index in [-0.39, 0.29) is 11.9 Å². The van der Waals surface area contributed by atoms with E-state index in [1.165, 1.54) is 21.5 Å². The van der Waals surface area contributed by atoms with Gasteiger partial charge in [-0.05, 0) is 47.2 Å². The summed E-state index contributed by atoms with van der Waals surface area (Å²) in [6.45, 7) is 1.82. The third-order valence-corrected chi connectivity index (χ3v) is 5.76. The van der Waals surface area contributed by atoms with Crippen LogP contribution in [-0.2, 0) is 11.8 Å². The van der Waals surface area contributed by atoms with Crippen molar-refractivity contribution >= 4 is 35.0 Å². The van der Waals surface area contributed by atoms with Crippen molar-refractivity contribution in [3.05, 3.63) is 59.0 Å². The summed E-state index contributed by atoms with van der Waals surface area (Å²) in [5.74, 6) is 0.553. The Morgan fingerprint density at radius 3 is 2.75 bits per heavy atom. The Morgan fingerprint density at radius 1 is 1.32 bits per heavy atom. The topological polar surface area (TPSA) is 89.4 Å². The number of hydrazone groups is 1. The third-order valence-electron chi connectivity index (χ3n) is 4.40. The highest BCUT2D eigenvalue weighted by molar-refractivity contribution is 8.00. The molecule has 2 atom stereocenters. The summed E-state index contributed by atoms with van der Waals surface area (Å²) in [7, 11) is 1.73. The van der Waals surface area contributed by atoms with Crippen LogP contribution in [0, 0.1) is 0 Å². The highest BCUT2D eigenvalue weighted by Crippen LogP contribution is 2.35. The Balaban J connectivity index is 1.61. The number of tetrazole rings is 1. The number of carbonyl (C=O) groups is 1. The van der Waals surface area contributed by atoms with Crippen molar-refractivity contribution in [3.8, 4) is 0 Å². The molecule has 0 fully saturated rings. The Bertz CT molecular complexity index is 1000. The van der Waals surface area contributed by atoms with E-state index in [0.717, 1.165) is 11.3 Å². The molecule has 0 unspecified atom stereocenters. The molecule has 0 bridgehead atoms.